The van der Waals surface area contributed by atoms with Gasteiger partial charge in [-0.05, 0) is 14.0 Å². The second-order valence-corrected chi connectivity index (χ2v) is 3.18. The number of nitrogens with zero attached hydrogens (tertiary/aromatic N) is 2. The van der Waals surface area contributed by atoms with Crippen LogP contribution in [0.3, 0.4) is 0 Å². The van der Waals surface area contributed by atoms with E-state index in [2.05, 4.69) is 0 Å². The molecule has 0 rings (SSSR count). The van der Waals surface area contributed by atoms with Crippen LogP contribution in [-0.4, -0.2) is 44.4 Å². The van der Waals surface area contributed by atoms with Gasteiger partial charge in [-0.1, -0.05) is 0 Å². The van der Waals surface area contributed by atoms with Crippen molar-refractivity contribution in [2.75, 3.05) is 33.4 Å². The molecule has 0 aromatic carbocycles. The molecule has 0 heterocycles. The number of hydrogen-bond acceptors (Lipinski definition) is 3. The summed E-state index contributed by atoms with van der Waals surface area (Å²) >= 11 is 0. The Morgan fingerprint density at radius 1 is 1.47 bits per heavy atom. The van der Waals surface area contributed by atoms with E-state index in [-0.39, 0.29) is 6.54 Å². The van der Waals surface area contributed by atoms with Crippen LogP contribution in [0.25, 0.3) is 0 Å². The van der Waals surface area contributed by atoms with Crippen LogP contribution in [0.1, 0.15) is 6.92 Å². The number of rotatable bonds is 6. The van der Waals surface area contributed by atoms with Gasteiger partial charge in [0.25, 0.3) is 0 Å². The zero-order valence-corrected chi connectivity index (χ0v) is 8.84. The monoisotopic (exact) mass is 224 g/mol. The lowest BCUT2D eigenvalue weighted by atomic mass is 10.1. The predicted molar refractivity (Wildman–Crippen MR) is 49.1 cm³/mol. The van der Waals surface area contributed by atoms with Gasteiger partial charge in [-0.15, -0.1) is 0 Å². The molecule has 3 nitrogen and oxygen atoms in total. The van der Waals surface area contributed by atoms with E-state index in [4.69, 9.17) is 10.00 Å². The molecule has 0 N–H and O–H groups in total. The number of halogens is 3. The lowest BCUT2D eigenvalue weighted by molar-refractivity contribution is -0.162. The summed E-state index contributed by atoms with van der Waals surface area (Å²) < 4.78 is 41.6. The average molecular weight is 224 g/mol. The molecule has 0 aliphatic rings. The summed E-state index contributed by atoms with van der Waals surface area (Å²) in [7, 11) is 1.54. The van der Waals surface area contributed by atoms with Gasteiger partial charge in [0.1, 0.15) is 0 Å². The molecule has 88 valence electrons. The molecule has 0 fully saturated rings. The Bertz CT molecular complexity index is 212. The van der Waals surface area contributed by atoms with E-state index in [1.807, 2.05) is 6.92 Å². The fraction of sp³-hybridized carbons (Fsp3) is 0.889. The molecule has 0 aromatic rings. The van der Waals surface area contributed by atoms with E-state index >= 15 is 0 Å². The molecule has 1 atom stereocenters. The summed E-state index contributed by atoms with van der Waals surface area (Å²) in [6.45, 7) is 2.81. The van der Waals surface area contributed by atoms with Crippen LogP contribution >= 0.6 is 0 Å². The molecule has 0 saturated carbocycles. The van der Waals surface area contributed by atoms with Crippen molar-refractivity contribution in [3.8, 4) is 6.07 Å². The summed E-state index contributed by atoms with van der Waals surface area (Å²) in [6.07, 6.45) is -4.45. The third-order valence-electron chi connectivity index (χ3n) is 1.87. The van der Waals surface area contributed by atoms with Crippen molar-refractivity contribution in [1.29, 1.82) is 5.26 Å². The Morgan fingerprint density at radius 2 is 2.07 bits per heavy atom. The van der Waals surface area contributed by atoms with Crippen molar-refractivity contribution in [2.45, 2.75) is 13.1 Å². The second kappa shape index (κ2) is 6.64. The van der Waals surface area contributed by atoms with Crippen molar-refractivity contribution in [2.24, 2.45) is 5.92 Å². The first-order valence-corrected chi connectivity index (χ1v) is 4.64. The molecule has 1 unspecified atom stereocenters. The topological polar surface area (TPSA) is 36.3 Å². The third kappa shape index (κ3) is 6.31. The van der Waals surface area contributed by atoms with Crippen molar-refractivity contribution in [1.82, 2.24) is 4.90 Å². The van der Waals surface area contributed by atoms with Crippen molar-refractivity contribution >= 4 is 0 Å². The molecule has 0 bridgehead atoms. The van der Waals surface area contributed by atoms with E-state index in [1.54, 1.807) is 0 Å². The lowest BCUT2D eigenvalue weighted by Gasteiger charge is -2.21. The van der Waals surface area contributed by atoms with Crippen LogP contribution in [0.15, 0.2) is 0 Å². The smallest absolute Gasteiger partial charge is 0.380 e. The molecule has 0 saturated heterocycles. The highest BCUT2D eigenvalue weighted by Crippen LogP contribution is 2.25. The van der Waals surface area contributed by atoms with Gasteiger partial charge in [0.15, 0.2) is 5.92 Å². The second-order valence-electron chi connectivity index (χ2n) is 3.18. The Hall–Kier alpha value is -0.800. The van der Waals surface area contributed by atoms with Gasteiger partial charge in [-0.3, -0.25) is 0 Å². The van der Waals surface area contributed by atoms with Gasteiger partial charge in [0.2, 0.25) is 0 Å². The first-order chi connectivity index (χ1) is 6.91. The molecule has 0 aliphatic heterocycles. The molecule has 0 aliphatic carbocycles. The maximum atomic E-state index is 12.2. The average Bonchev–Trinajstić information content (AvgIpc) is 2.12. The molecule has 15 heavy (non-hydrogen) atoms. The number of alkyl halides is 3. The zero-order chi connectivity index (χ0) is 11.9. The molecule has 0 radical (unpaired) electrons. The highest BCUT2D eigenvalue weighted by molar-refractivity contribution is 4.90. The minimum absolute atomic E-state index is 0.312. The summed E-state index contributed by atoms with van der Waals surface area (Å²) in [5.41, 5.74) is 0. The van der Waals surface area contributed by atoms with Crippen LogP contribution in [0.5, 0.6) is 0 Å². The Balaban J connectivity index is 3.93. The number of nitriles is 1. The van der Waals surface area contributed by atoms with Crippen LogP contribution in [-0.2, 0) is 4.74 Å². The van der Waals surface area contributed by atoms with Gasteiger partial charge in [-0.25, -0.2) is 0 Å². The number of ether oxygens (including phenoxy) is 1. The van der Waals surface area contributed by atoms with Crippen molar-refractivity contribution < 1.29 is 17.9 Å². The van der Waals surface area contributed by atoms with E-state index in [1.165, 1.54) is 18.0 Å². The summed E-state index contributed by atoms with van der Waals surface area (Å²) in [5, 5.41) is 8.35. The van der Waals surface area contributed by atoms with Crippen LogP contribution in [0.4, 0.5) is 13.2 Å². The highest BCUT2D eigenvalue weighted by Gasteiger charge is 2.40. The van der Waals surface area contributed by atoms with Crippen LogP contribution in [0, 0.1) is 17.2 Å². The standard InChI is InChI=1S/C9H15F3N2O/c1-3-15-5-4-14(2)7-8(6-13)9(10,11)12/h8H,3-5,7H2,1-2H3. The largest absolute Gasteiger partial charge is 0.405 e. The normalized spacial score (nSPS) is 13.9. The van der Waals surface area contributed by atoms with Crippen LogP contribution < -0.4 is 0 Å². The molecule has 0 aromatic heterocycles. The predicted octanol–water partition coefficient (Wildman–Crippen LogP) is 1.66. The maximum absolute atomic E-state index is 12.2. The minimum Gasteiger partial charge on any atom is -0.380 e. The SMILES string of the molecule is CCOCCN(C)CC(C#N)C(F)(F)F. The molecule has 0 amide bonds. The summed E-state index contributed by atoms with van der Waals surface area (Å²) in [5.74, 6) is -1.93. The highest BCUT2D eigenvalue weighted by atomic mass is 19.4. The van der Waals surface area contributed by atoms with E-state index in [0.717, 1.165) is 0 Å². The minimum atomic E-state index is -4.45. The van der Waals surface area contributed by atoms with Gasteiger partial charge in [0, 0.05) is 19.7 Å². The summed E-state index contributed by atoms with van der Waals surface area (Å²) in [6, 6.07) is 1.26. The quantitative estimate of drug-likeness (QED) is 0.644. The molecule has 6 heteroatoms. The van der Waals surface area contributed by atoms with Crippen molar-refractivity contribution in [3.05, 3.63) is 0 Å². The Labute approximate surface area is 87.4 Å². The molecular weight excluding hydrogens is 209 g/mol. The third-order valence-corrected chi connectivity index (χ3v) is 1.87. The van der Waals surface area contributed by atoms with E-state index in [0.29, 0.717) is 19.8 Å². The number of hydrogen-bond donors (Lipinski definition) is 0. The maximum Gasteiger partial charge on any atom is 0.405 e. The fourth-order valence-electron chi connectivity index (χ4n) is 0.985. The van der Waals surface area contributed by atoms with Crippen LogP contribution in [0.2, 0.25) is 0 Å². The zero-order valence-electron chi connectivity index (χ0n) is 8.84. The van der Waals surface area contributed by atoms with E-state index in [9.17, 15) is 13.2 Å². The number of likely N-dealkylation sites (N-methyl/N-ethyl adjacent to an activating group) is 1. The van der Waals surface area contributed by atoms with Gasteiger partial charge >= 0.3 is 6.18 Å². The fourth-order valence-corrected chi connectivity index (χ4v) is 0.985. The Morgan fingerprint density at radius 3 is 2.47 bits per heavy atom. The lowest BCUT2D eigenvalue weighted by Crippen LogP contribution is -2.35. The molecule has 0 spiro atoms. The van der Waals surface area contributed by atoms with Crippen molar-refractivity contribution in [3.63, 3.8) is 0 Å². The molecular formula is C9H15F3N2O. The first kappa shape index (κ1) is 14.2. The van der Waals surface area contributed by atoms with Gasteiger partial charge < -0.3 is 9.64 Å². The van der Waals surface area contributed by atoms with E-state index < -0.39 is 12.1 Å². The Kier molecular flexibility index (Phi) is 6.29. The van der Waals surface area contributed by atoms with Gasteiger partial charge in [0.05, 0.1) is 12.7 Å². The first-order valence-electron chi connectivity index (χ1n) is 4.64. The van der Waals surface area contributed by atoms with Gasteiger partial charge in [-0.2, -0.15) is 18.4 Å². The summed E-state index contributed by atoms with van der Waals surface area (Å²) in [4.78, 5) is 1.44.